The van der Waals surface area contributed by atoms with E-state index < -0.39 is 60.4 Å². The number of hydrogen-bond donors (Lipinski definition) is 5. The van der Waals surface area contributed by atoms with Gasteiger partial charge >= 0.3 is 5.97 Å². The van der Waals surface area contributed by atoms with E-state index in [1.165, 1.54) is 21.6 Å². The topological polar surface area (TPSA) is 172 Å². The third-order valence-electron chi connectivity index (χ3n) is 6.59. The van der Waals surface area contributed by atoms with Crippen LogP contribution in [0.4, 0.5) is 0 Å². The molecular weight excluding hydrogens is 558 g/mol. The van der Waals surface area contributed by atoms with Gasteiger partial charge in [-0.3, -0.25) is 28.8 Å². The highest BCUT2D eigenvalue weighted by Crippen LogP contribution is 2.27. The Morgan fingerprint density at radius 1 is 1.05 bits per heavy atom. The van der Waals surface area contributed by atoms with Crippen molar-refractivity contribution in [3.05, 3.63) is 12.2 Å². The molecule has 222 valence electrons. The number of rotatable bonds is 6. The van der Waals surface area contributed by atoms with Gasteiger partial charge in [0.2, 0.25) is 29.5 Å². The maximum absolute atomic E-state index is 13.4. The zero-order valence-electron chi connectivity index (χ0n) is 22.9. The molecule has 0 radical (unpaired) electrons. The minimum Gasteiger partial charge on any atom is -0.456 e. The number of esters is 1. The molecule has 5 amide bonds. The molecule has 40 heavy (non-hydrogen) atoms. The lowest BCUT2D eigenvalue weighted by Crippen LogP contribution is -2.59. The molecule has 2 aliphatic heterocycles. The molecule has 3 rings (SSSR count). The van der Waals surface area contributed by atoms with Gasteiger partial charge in [0.05, 0.1) is 6.42 Å². The Kier molecular flexibility index (Phi) is 12.6. The molecule has 0 aromatic heterocycles. The van der Waals surface area contributed by atoms with Crippen molar-refractivity contribution >= 4 is 57.1 Å². The summed E-state index contributed by atoms with van der Waals surface area (Å²) in [5.74, 6) is -2.20. The van der Waals surface area contributed by atoms with Gasteiger partial charge in [0.15, 0.2) is 0 Å². The van der Waals surface area contributed by atoms with Crippen molar-refractivity contribution < 1.29 is 33.5 Å². The van der Waals surface area contributed by atoms with Crippen molar-refractivity contribution in [2.45, 2.75) is 76.6 Å². The van der Waals surface area contributed by atoms with Gasteiger partial charge in [-0.25, -0.2) is 0 Å². The lowest BCUT2D eigenvalue weighted by Gasteiger charge is -2.27. The predicted molar refractivity (Wildman–Crippen MR) is 152 cm³/mol. The first-order valence-electron chi connectivity index (χ1n) is 13.7. The average Bonchev–Trinajstić information content (AvgIpc) is 3.73. The summed E-state index contributed by atoms with van der Waals surface area (Å²) in [6.07, 6.45) is 5.06. The highest BCUT2D eigenvalue weighted by atomic mass is 33.1. The van der Waals surface area contributed by atoms with Crippen LogP contribution in [-0.4, -0.2) is 84.3 Å². The van der Waals surface area contributed by atoms with Crippen LogP contribution in [0, 0.1) is 11.8 Å². The number of hydrogen-bond acceptors (Lipinski definition) is 9. The van der Waals surface area contributed by atoms with E-state index in [-0.39, 0.29) is 36.8 Å². The molecule has 2 fully saturated rings. The molecule has 12 nitrogen and oxygen atoms in total. The Hall–Kier alpha value is -2.74. The molecule has 3 aliphatic rings. The van der Waals surface area contributed by atoms with E-state index in [4.69, 9.17) is 4.74 Å². The summed E-state index contributed by atoms with van der Waals surface area (Å²) in [4.78, 5) is 77.4. The maximum Gasteiger partial charge on any atom is 0.326 e. The van der Waals surface area contributed by atoms with Crippen LogP contribution < -0.4 is 26.6 Å². The van der Waals surface area contributed by atoms with Crippen LogP contribution in [0.2, 0.25) is 0 Å². The van der Waals surface area contributed by atoms with Crippen LogP contribution in [0.15, 0.2) is 12.2 Å². The Bertz CT molecular complexity index is 988. The van der Waals surface area contributed by atoms with Crippen LogP contribution >= 0.6 is 21.6 Å². The lowest BCUT2D eigenvalue weighted by molar-refractivity contribution is -0.148. The van der Waals surface area contributed by atoms with Crippen LogP contribution in [-0.2, 0) is 33.5 Å². The first-order chi connectivity index (χ1) is 19.1. The smallest absolute Gasteiger partial charge is 0.326 e. The Morgan fingerprint density at radius 2 is 1.82 bits per heavy atom. The molecule has 14 heteroatoms. The molecule has 2 heterocycles. The predicted octanol–water partition coefficient (Wildman–Crippen LogP) is 0.176. The minimum atomic E-state index is -1.10. The average molecular weight is 598 g/mol. The molecule has 0 unspecified atom stereocenters. The van der Waals surface area contributed by atoms with Crippen molar-refractivity contribution in [3.63, 3.8) is 0 Å². The lowest BCUT2D eigenvalue weighted by atomic mass is 10.0. The van der Waals surface area contributed by atoms with Crippen LogP contribution in [0.3, 0.4) is 0 Å². The van der Waals surface area contributed by atoms with E-state index in [9.17, 15) is 28.8 Å². The second kappa shape index (κ2) is 15.9. The summed E-state index contributed by atoms with van der Waals surface area (Å²) in [6.45, 7) is 3.66. The fourth-order valence-electron chi connectivity index (χ4n) is 4.06. The summed E-state index contributed by atoms with van der Waals surface area (Å²) in [5, 5.41) is 13.4. The standard InChI is InChI=1S/C26H39N5O7S2/c1-15(2)23-26(37)28-13-22(34)38-17-5-3-4-10-39-40-14-19(25(36)31-23)30-24(35)18(29-21(33)11-17)8-9-20(32)27-12-16-6-7-16/h3,5,15-19,23H,4,6-14H2,1-2H3,(H,27,32)(H,28,37)(H,29,33)(H,30,35)(H,31,36)/b5-3+/t17-,18-,19+,23-/m1/s1. The van der Waals surface area contributed by atoms with Gasteiger partial charge in [-0.05, 0) is 43.6 Å². The van der Waals surface area contributed by atoms with Gasteiger partial charge in [0.25, 0.3) is 0 Å². The van der Waals surface area contributed by atoms with E-state index in [0.717, 1.165) is 12.8 Å². The number of carbonyl (C=O) groups excluding carboxylic acids is 6. The van der Waals surface area contributed by atoms with E-state index in [1.54, 1.807) is 26.0 Å². The SMILES string of the molecule is CC(C)[C@H]1NC(=O)[C@@H]2CSSCC/C=C/[C@H](CC(=O)N[C@H](CCC(=O)NCC3CC3)C(=O)N2)OC(=O)CNC1=O. The van der Waals surface area contributed by atoms with E-state index >= 15 is 0 Å². The largest absolute Gasteiger partial charge is 0.456 e. The quantitative estimate of drug-likeness (QED) is 0.163. The number of carbonyl (C=O) groups is 6. The van der Waals surface area contributed by atoms with Crippen molar-refractivity contribution in [1.82, 2.24) is 26.6 Å². The fourth-order valence-corrected chi connectivity index (χ4v) is 6.22. The van der Waals surface area contributed by atoms with Gasteiger partial charge < -0.3 is 31.3 Å². The summed E-state index contributed by atoms with van der Waals surface area (Å²) in [6, 6.07) is -3.06. The van der Waals surface area contributed by atoms with Gasteiger partial charge in [0, 0.05) is 24.5 Å². The first kappa shape index (κ1) is 31.8. The Morgan fingerprint density at radius 3 is 2.55 bits per heavy atom. The number of nitrogens with one attached hydrogen (secondary N) is 5. The third-order valence-corrected chi connectivity index (χ3v) is 9.04. The normalized spacial score (nSPS) is 28.3. The Balaban J connectivity index is 1.87. The third kappa shape index (κ3) is 11.0. The number of fused-ring (bicyclic) bond motifs is 7. The molecule has 5 N–H and O–H groups in total. The van der Waals surface area contributed by atoms with E-state index in [1.807, 2.05) is 0 Å². The van der Waals surface area contributed by atoms with Crippen LogP contribution in [0.1, 0.15) is 52.4 Å². The van der Waals surface area contributed by atoms with Gasteiger partial charge in [-0.15, -0.1) is 0 Å². The van der Waals surface area contributed by atoms with Crippen molar-refractivity contribution in [1.29, 1.82) is 0 Å². The van der Waals surface area contributed by atoms with Crippen molar-refractivity contribution in [2.24, 2.45) is 11.8 Å². The molecule has 0 aromatic rings. The van der Waals surface area contributed by atoms with Gasteiger partial charge in [-0.2, -0.15) is 0 Å². The molecule has 4 atom stereocenters. The van der Waals surface area contributed by atoms with E-state index in [0.29, 0.717) is 24.6 Å². The molecule has 1 saturated heterocycles. The van der Waals surface area contributed by atoms with Gasteiger partial charge in [0.1, 0.15) is 30.8 Å². The monoisotopic (exact) mass is 597 g/mol. The second-order valence-corrected chi connectivity index (χ2v) is 13.1. The maximum atomic E-state index is 13.4. The molecule has 0 spiro atoms. The molecule has 1 saturated carbocycles. The molecule has 1 aliphatic carbocycles. The number of amides is 5. The minimum absolute atomic E-state index is 0.000460. The van der Waals surface area contributed by atoms with E-state index in [2.05, 4.69) is 26.6 Å². The molecular formula is C26H39N5O7S2. The summed E-state index contributed by atoms with van der Waals surface area (Å²) < 4.78 is 5.46. The first-order valence-corrected chi connectivity index (χ1v) is 16.2. The summed E-state index contributed by atoms with van der Waals surface area (Å²) in [5.41, 5.74) is 0. The summed E-state index contributed by atoms with van der Waals surface area (Å²) >= 11 is 0. The second-order valence-electron chi connectivity index (χ2n) is 10.5. The Labute approximate surface area is 242 Å². The van der Waals surface area contributed by atoms with Crippen LogP contribution in [0.5, 0.6) is 0 Å². The molecule has 0 aromatic carbocycles. The highest BCUT2D eigenvalue weighted by Gasteiger charge is 2.32. The van der Waals surface area contributed by atoms with Gasteiger partial charge in [-0.1, -0.05) is 41.5 Å². The van der Waals surface area contributed by atoms with Crippen LogP contribution in [0.25, 0.3) is 0 Å². The molecule has 2 bridgehead atoms. The number of ether oxygens (including phenoxy) is 1. The summed E-state index contributed by atoms with van der Waals surface area (Å²) in [7, 11) is 2.90. The fraction of sp³-hybridized carbons (Fsp3) is 0.692. The van der Waals surface area contributed by atoms with Crippen molar-refractivity contribution in [2.75, 3.05) is 24.6 Å². The zero-order valence-corrected chi connectivity index (χ0v) is 24.5. The van der Waals surface area contributed by atoms with Crippen molar-refractivity contribution in [3.8, 4) is 0 Å². The number of allylic oxidation sites excluding steroid dienone is 1. The zero-order chi connectivity index (χ0) is 29.1. The highest BCUT2D eigenvalue weighted by molar-refractivity contribution is 8.76.